The number of amides is 1. The number of nitrogens with one attached hydrogen (secondary N) is 1. The van der Waals surface area contributed by atoms with Gasteiger partial charge >= 0.3 is 0 Å². The molecule has 13 heavy (non-hydrogen) atoms. The molecule has 0 unspecified atom stereocenters. The Balaban J connectivity index is 2.37. The third-order valence-corrected chi connectivity index (χ3v) is 2.26. The van der Waals surface area contributed by atoms with Crippen LogP contribution in [0.5, 0.6) is 0 Å². The minimum Gasteiger partial charge on any atom is -0.324 e. The summed E-state index contributed by atoms with van der Waals surface area (Å²) in [4.78, 5) is 15.1. The number of aromatic nitrogens is 1. The van der Waals surface area contributed by atoms with Gasteiger partial charge in [-0.3, -0.25) is 9.78 Å². The lowest BCUT2D eigenvalue weighted by atomic mass is 10.4. The maximum atomic E-state index is 11.2. The van der Waals surface area contributed by atoms with E-state index in [0.29, 0.717) is 5.75 Å². The topological polar surface area (TPSA) is 42.0 Å². The summed E-state index contributed by atoms with van der Waals surface area (Å²) in [6.07, 6.45) is 3.31. The fourth-order valence-corrected chi connectivity index (χ4v) is 1.29. The highest BCUT2D eigenvalue weighted by Gasteiger charge is 2.00. The van der Waals surface area contributed by atoms with E-state index >= 15 is 0 Å². The summed E-state index contributed by atoms with van der Waals surface area (Å²) in [6.45, 7) is 2.03. The van der Waals surface area contributed by atoms with Gasteiger partial charge in [-0.2, -0.15) is 11.8 Å². The molecule has 1 aromatic rings. The first-order valence-corrected chi connectivity index (χ1v) is 5.26. The van der Waals surface area contributed by atoms with E-state index in [1.54, 1.807) is 30.2 Å². The van der Waals surface area contributed by atoms with Gasteiger partial charge in [0, 0.05) is 6.20 Å². The normalized spacial score (nSPS) is 9.62. The SMILES string of the molecule is CCSCC(=O)Nc1cccnc1. The van der Waals surface area contributed by atoms with E-state index in [2.05, 4.69) is 10.3 Å². The Kier molecular flexibility index (Phi) is 4.32. The van der Waals surface area contributed by atoms with E-state index in [9.17, 15) is 4.79 Å². The highest BCUT2D eigenvalue weighted by Crippen LogP contribution is 2.04. The summed E-state index contributed by atoms with van der Waals surface area (Å²) >= 11 is 1.60. The number of anilines is 1. The van der Waals surface area contributed by atoms with Crippen LogP contribution in [0.25, 0.3) is 0 Å². The first-order valence-electron chi connectivity index (χ1n) is 4.10. The van der Waals surface area contributed by atoms with E-state index in [1.807, 2.05) is 13.0 Å². The predicted molar refractivity (Wildman–Crippen MR) is 55.9 cm³/mol. The summed E-state index contributed by atoms with van der Waals surface area (Å²) < 4.78 is 0. The first kappa shape index (κ1) is 10.1. The number of rotatable bonds is 4. The molecule has 4 heteroatoms. The monoisotopic (exact) mass is 196 g/mol. The molecule has 3 nitrogen and oxygen atoms in total. The Morgan fingerprint density at radius 2 is 2.54 bits per heavy atom. The minimum absolute atomic E-state index is 0.0276. The number of hydrogen-bond acceptors (Lipinski definition) is 3. The van der Waals surface area contributed by atoms with Gasteiger partial charge in [0.2, 0.25) is 5.91 Å². The van der Waals surface area contributed by atoms with E-state index in [4.69, 9.17) is 0 Å². The standard InChI is InChI=1S/C9H12N2OS/c1-2-13-7-9(12)11-8-4-3-5-10-6-8/h3-6H,2,7H2,1H3,(H,11,12). The second kappa shape index (κ2) is 5.59. The Bertz CT molecular complexity index is 264. The van der Waals surface area contributed by atoms with Crippen molar-refractivity contribution < 1.29 is 4.79 Å². The third-order valence-electron chi connectivity index (χ3n) is 1.38. The van der Waals surface area contributed by atoms with Crippen molar-refractivity contribution in [3.05, 3.63) is 24.5 Å². The molecule has 1 N–H and O–H groups in total. The van der Waals surface area contributed by atoms with Crippen molar-refractivity contribution in [2.75, 3.05) is 16.8 Å². The smallest absolute Gasteiger partial charge is 0.234 e. The molecule has 0 aliphatic carbocycles. The van der Waals surface area contributed by atoms with Crippen molar-refractivity contribution >= 4 is 23.4 Å². The van der Waals surface area contributed by atoms with Gasteiger partial charge in [-0.1, -0.05) is 6.92 Å². The van der Waals surface area contributed by atoms with Crippen molar-refractivity contribution in [1.82, 2.24) is 4.98 Å². The molecule has 1 heterocycles. The average molecular weight is 196 g/mol. The number of thioether (sulfide) groups is 1. The Hall–Kier alpha value is -1.03. The first-order chi connectivity index (χ1) is 6.33. The van der Waals surface area contributed by atoms with Gasteiger partial charge in [-0.15, -0.1) is 0 Å². The van der Waals surface area contributed by atoms with Gasteiger partial charge in [-0.25, -0.2) is 0 Å². The van der Waals surface area contributed by atoms with Crippen molar-refractivity contribution in [3.8, 4) is 0 Å². The van der Waals surface area contributed by atoms with Crippen LogP contribution in [0.3, 0.4) is 0 Å². The van der Waals surface area contributed by atoms with Gasteiger partial charge in [0.05, 0.1) is 17.6 Å². The van der Waals surface area contributed by atoms with Crippen molar-refractivity contribution in [3.63, 3.8) is 0 Å². The lowest BCUT2D eigenvalue weighted by Crippen LogP contribution is -2.14. The van der Waals surface area contributed by atoms with Crippen molar-refractivity contribution in [1.29, 1.82) is 0 Å². The van der Waals surface area contributed by atoms with Gasteiger partial charge < -0.3 is 5.32 Å². The maximum Gasteiger partial charge on any atom is 0.234 e. The molecule has 0 spiro atoms. The molecule has 0 saturated carbocycles. The summed E-state index contributed by atoms with van der Waals surface area (Å²) in [5.41, 5.74) is 0.754. The van der Waals surface area contributed by atoms with Crippen LogP contribution in [0.15, 0.2) is 24.5 Å². The summed E-state index contributed by atoms with van der Waals surface area (Å²) in [5, 5.41) is 2.75. The van der Waals surface area contributed by atoms with E-state index in [1.165, 1.54) is 0 Å². The van der Waals surface area contributed by atoms with E-state index in [0.717, 1.165) is 11.4 Å². The number of nitrogens with zero attached hydrogens (tertiary/aromatic N) is 1. The van der Waals surface area contributed by atoms with Crippen LogP contribution in [0.2, 0.25) is 0 Å². The average Bonchev–Trinajstić information content (AvgIpc) is 2.16. The second-order valence-electron chi connectivity index (χ2n) is 2.43. The fraction of sp³-hybridized carbons (Fsp3) is 0.333. The predicted octanol–water partition coefficient (Wildman–Crippen LogP) is 1.77. The minimum atomic E-state index is 0.0276. The Morgan fingerprint density at radius 3 is 3.15 bits per heavy atom. The molecule has 0 atom stereocenters. The van der Waals surface area contributed by atoms with Gasteiger partial charge in [-0.05, 0) is 17.9 Å². The fourth-order valence-electron chi connectivity index (χ4n) is 0.829. The third kappa shape index (κ3) is 3.94. The van der Waals surface area contributed by atoms with Crippen LogP contribution in [-0.4, -0.2) is 22.4 Å². The molecule has 0 aliphatic heterocycles. The maximum absolute atomic E-state index is 11.2. The number of hydrogen-bond donors (Lipinski definition) is 1. The lowest BCUT2D eigenvalue weighted by molar-refractivity contribution is -0.113. The number of carbonyl (C=O) groups is 1. The van der Waals surface area contributed by atoms with Crippen LogP contribution in [0, 0.1) is 0 Å². The van der Waals surface area contributed by atoms with Crippen LogP contribution >= 0.6 is 11.8 Å². The zero-order valence-electron chi connectivity index (χ0n) is 7.49. The molecule has 0 bridgehead atoms. The molecule has 1 aromatic heterocycles. The Labute approximate surface area is 81.9 Å². The second-order valence-corrected chi connectivity index (χ2v) is 3.70. The lowest BCUT2D eigenvalue weighted by Gasteiger charge is -2.02. The zero-order chi connectivity index (χ0) is 9.52. The largest absolute Gasteiger partial charge is 0.324 e. The van der Waals surface area contributed by atoms with E-state index < -0.39 is 0 Å². The molecule has 0 fully saturated rings. The van der Waals surface area contributed by atoms with Crippen molar-refractivity contribution in [2.24, 2.45) is 0 Å². The molecular formula is C9H12N2OS. The molecule has 0 radical (unpaired) electrons. The number of carbonyl (C=O) groups excluding carboxylic acids is 1. The van der Waals surface area contributed by atoms with Crippen LogP contribution < -0.4 is 5.32 Å². The molecular weight excluding hydrogens is 184 g/mol. The van der Waals surface area contributed by atoms with Gasteiger partial charge in [0.25, 0.3) is 0 Å². The summed E-state index contributed by atoms with van der Waals surface area (Å²) in [6, 6.07) is 3.62. The van der Waals surface area contributed by atoms with Gasteiger partial charge in [0.1, 0.15) is 0 Å². The molecule has 1 amide bonds. The molecule has 0 aromatic carbocycles. The molecule has 70 valence electrons. The summed E-state index contributed by atoms with van der Waals surface area (Å²) in [7, 11) is 0. The molecule has 0 aliphatic rings. The summed E-state index contributed by atoms with van der Waals surface area (Å²) in [5.74, 6) is 1.49. The Morgan fingerprint density at radius 1 is 1.69 bits per heavy atom. The molecule has 0 saturated heterocycles. The van der Waals surface area contributed by atoms with Crippen molar-refractivity contribution in [2.45, 2.75) is 6.92 Å². The van der Waals surface area contributed by atoms with Crippen LogP contribution in [0.1, 0.15) is 6.92 Å². The van der Waals surface area contributed by atoms with Gasteiger partial charge in [0.15, 0.2) is 0 Å². The van der Waals surface area contributed by atoms with Crippen LogP contribution in [-0.2, 0) is 4.79 Å². The van der Waals surface area contributed by atoms with Crippen LogP contribution in [0.4, 0.5) is 5.69 Å². The quantitative estimate of drug-likeness (QED) is 0.798. The molecule has 1 rings (SSSR count). The van der Waals surface area contributed by atoms with E-state index in [-0.39, 0.29) is 5.91 Å². The zero-order valence-corrected chi connectivity index (χ0v) is 8.30. The highest BCUT2D eigenvalue weighted by molar-refractivity contribution is 7.99. The number of pyridine rings is 1. The highest BCUT2D eigenvalue weighted by atomic mass is 32.2.